The molecule has 0 radical (unpaired) electrons. The molecule has 5 N–H and O–H groups in total. The second kappa shape index (κ2) is 17.2. The first-order valence-electron chi connectivity index (χ1n) is 25.6. The van der Waals surface area contributed by atoms with Gasteiger partial charge >= 0.3 is 0 Å². The number of hydrogen-bond donors (Lipinski definition) is 5. The van der Waals surface area contributed by atoms with Crippen LogP contribution in [-0.4, -0.2) is 117 Å². The number of methoxy groups -OCH3 is 1. The zero-order valence-corrected chi connectivity index (χ0v) is 40.1. The zero-order valence-electron chi connectivity index (χ0n) is 40.1. The van der Waals surface area contributed by atoms with Crippen LogP contribution in [-0.2, 0) is 33.6 Å². The molecule has 2 saturated carbocycles. The van der Waals surface area contributed by atoms with Gasteiger partial charge in [0.05, 0.1) is 60.8 Å². The molecule has 1 saturated heterocycles. The number of carbonyl (C=O) groups is 2. The Balaban J connectivity index is 1.03. The van der Waals surface area contributed by atoms with Gasteiger partial charge in [0.1, 0.15) is 47.2 Å². The lowest BCUT2D eigenvalue weighted by atomic mass is 9.69. The van der Waals surface area contributed by atoms with Crippen molar-refractivity contribution in [2.24, 2.45) is 10.9 Å². The summed E-state index contributed by atoms with van der Waals surface area (Å²) in [5.74, 6) is 2.48. The highest BCUT2D eigenvalue weighted by Crippen LogP contribution is 2.60. The average molecular weight is 974 g/mol. The molecule has 5 aliphatic carbocycles. The van der Waals surface area contributed by atoms with E-state index in [1.807, 2.05) is 24.3 Å². The monoisotopic (exact) mass is 973 g/mol. The molecule has 3 aromatic carbocycles. The summed E-state index contributed by atoms with van der Waals surface area (Å²) >= 11 is 0. The van der Waals surface area contributed by atoms with Crippen molar-refractivity contribution in [2.45, 2.75) is 131 Å². The van der Waals surface area contributed by atoms with Crippen molar-refractivity contribution in [3.63, 3.8) is 0 Å². The van der Waals surface area contributed by atoms with Gasteiger partial charge in [0, 0.05) is 53.6 Å². The smallest absolute Gasteiger partial charge is 0.254 e. The van der Waals surface area contributed by atoms with Gasteiger partial charge in [-0.1, -0.05) is 43.4 Å². The molecule has 5 aliphatic heterocycles. The molecule has 1 amide bonds. The highest BCUT2D eigenvalue weighted by atomic mass is 16.7. The third kappa shape index (κ3) is 6.99. The lowest BCUT2D eigenvalue weighted by Gasteiger charge is -2.47. The van der Waals surface area contributed by atoms with Crippen molar-refractivity contribution in [2.75, 3.05) is 26.9 Å². The predicted octanol–water partition coefficient (Wildman–Crippen LogP) is 6.62. The molecule has 13 rings (SSSR count). The number of aliphatic hydroxyl groups excluding tert-OH is 2. The van der Waals surface area contributed by atoms with E-state index in [2.05, 4.69) is 24.5 Å². The molecule has 72 heavy (non-hydrogen) atoms. The van der Waals surface area contributed by atoms with E-state index in [4.69, 9.17) is 28.7 Å². The molecule has 14 heteroatoms. The van der Waals surface area contributed by atoms with Gasteiger partial charge in [0.15, 0.2) is 23.2 Å². The molecule has 370 valence electrons. The molecule has 3 fully saturated rings. The molecule has 10 aliphatic rings. The van der Waals surface area contributed by atoms with Crippen LogP contribution in [0.2, 0.25) is 0 Å². The molecule has 0 aromatic heterocycles. The van der Waals surface area contributed by atoms with Crippen molar-refractivity contribution >= 4 is 40.3 Å². The highest BCUT2D eigenvalue weighted by Gasteiger charge is 2.59. The molecule has 8 atom stereocenters. The number of amides is 1. The number of phenolic OH excluding ortho intramolecular Hbond substituents is 1. The van der Waals surface area contributed by atoms with E-state index in [1.54, 1.807) is 31.5 Å². The van der Waals surface area contributed by atoms with E-state index in [9.17, 15) is 30.3 Å². The van der Waals surface area contributed by atoms with Crippen molar-refractivity contribution < 1.29 is 58.8 Å². The van der Waals surface area contributed by atoms with Crippen molar-refractivity contribution in [3.05, 3.63) is 116 Å². The molecule has 5 heterocycles. The van der Waals surface area contributed by atoms with E-state index in [0.717, 1.165) is 101 Å². The van der Waals surface area contributed by atoms with Crippen LogP contribution in [0.4, 0.5) is 0 Å². The van der Waals surface area contributed by atoms with Gasteiger partial charge in [-0.05, 0) is 109 Å². The lowest BCUT2D eigenvalue weighted by molar-refractivity contribution is -0.327. The van der Waals surface area contributed by atoms with Gasteiger partial charge in [-0.15, -0.1) is 0 Å². The predicted molar refractivity (Wildman–Crippen MR) is 265 cm³/mol. The SMILES string of the molecule is COc1c2c3c4c(O)c(c5c6c4c1CCC6=C[C@@H]1CCC[C@H]51)C(=O)CN1Cc4c(cccc4C1=O)CC#CO[C@H]1[C@H](O)[C@@H](CO[C@@H](C4=C5[CH+]C(CCC6(O)CCCC6)=CC=C5N=C4)/C=C/2)O[C@H](O3)[C@@]1(O)CO. The first-order valence-corrected chi connectivity index (χ1v) is 25.6. The number of benzene rings is 3. The standard InChI is InChI=1S/C58H56N2O12/c1-68-52-36-14-13-33-24-32-8-5-10-34(32)46-45(33)47(36)49-51(64)48(46)42(62)27-60-26-40-31(7-4-11-35(40)55(60)65)9-6-22-69-54-50(63)44-28-70-43(17-15-37(52)53(49)72-56(71-44)58(54,67)29-61)39-25-59-41-16-12-30(23-38(39)41)18-21-57(66)19-2-3-20-57/h4,7,11-12,15-17,23-25,32,34,43-44,50,54,56,61,63,66-67H,2-3,5,8-10,13-14,18-21,26-29H2,1H3/p+1/b17-15+/t32-,34-,43+,44+,50+,54-,56+,58+/m0/s1. The molecule has 14 nitrogen and oxygen atoms in total. The average Bonchev–Trinajstić information content (AvgIpc) is 4.20. The summed E-state index contributed by atoms with van der Waals surface area (Å²) in [6, 6.07) is 5.37. The van der Waals surface area contributed by atoms with Crippen LogP contribution >= 0.6 is 0 Å². The number of carbonyl (C=O) groups excluding carboxylic acids is 2. The number of aryl methyl sites for hydroxylation is 1. The summed E-state index contributed by atoms with van der Waals surface area (Å²) in [4.78, 5) is 35.9. The summed E-state index contributed by atoms with van der Waals surface area (Å²) < 4.78 is 32.9. The van der Waals surface area contributed by atoms with Crippen LogP contribution in [0.1, 0.15) is 124 Å². The van der Waals surface area contributed by atoms with Crippen molar-refractivity contribution in [1.29, 1.82) is 0 Å². The van der Waals surface area contributed by atoms with Crippen molar-refractivity contribution in [1.82, 2.24) is 4.90 Å². The summed E-state index contributed by atoms with van der Waals surface area (Å²) in [6.07, 6.45) is 18.3. The third-order valence-corrected chi connectivity index (χ3v) is 17.3. The van der Waals surface area contributed by atoms with Gasteiger partial charge in [0.25, 0.3) is 5.91 Å². The molecule has 0 unspecified atom stereocenters. The Labute approximate surface area is 417 Å². The molecule has 8 bridgehead atoms. The van der Waals surface area contributed by atoms with Gasteiger partial charge in [-0.25, -0.2) is 0 Å². The Bertz CT molecular complexity index is 3140. The molecular formula is C58H57N2O12+. The summed E-state index contributed by atoms with van der Waals surface area (Å²) in [6.45, 7) is -1.40. The fraction of sp³-hybridized carbons (Fsp3) is 0.448. The number of ketones is 1. The number of phenols is 1. The second-order valence-electron chi connectivity index (χ2n) is 21.3. The number of Topliss-reactive ketones (excluding diaryl/α,β-unsaturated/α-hetero) is 1. The zero-order chi connectivity index (χ0) is 49.2. The van der Waals surface area contributed by atoms with E-state index in [1.165, 1.54) is 4.90 Å². The third-order valence-electron chi connectivity index (χ3n) is 17.3. The second-order valence-corrected chi connectivity index (χ2v) is 21.3. The summed E-state index contributed by atoms with van der Waals surface area (Å²) in [7, 11) is 1.57. The number of hydrogen-bond acceptors (Lipinski definition) is 13. The maximum Gasteiger partial charge on any atom is 0.254 e. The number of ether oxygens (including phenoxy) is 5. The van der Waals surface area contributed by atoms with Gasteiger partial charge in [-0.3, -0.25) is 9.59 Å². The number of fused-ring (bicyclic) bond motifs is 8. The number of allylic oxidation sites excluding steroid dienone is 6. The lowest BCUT2D eigenvalue weighted by Crippen LogP contribution is -2.70. The minimum Gasteiger partial charge on any atom is -0.506 e. The largest absolute Gasteiger partial charge is 0.506 e. The van der Waals surface area contributed by atoms with Crippen LogP contribution in [0.5, 0.6) is 17.2 Å². The highest BCUT2D eigenvalue weighted by molar-refractivity contribution is 6.17. The van der Waals surface area contributed by atoms with Crippen LogP contribution in [0.3, 0.4) is 0 Å². The van der Waals surface area contributed by atoms with Gasteiger partial charge < -0.3 is 54.1 Å². The Hall–Kier alpha value is -6.18. The summed E-state index contributed by atoms with van der Waals surface area (Å²) in [5, 5.41) is 61.5. The molecule has 3 aromatic rings. The number of aliphatic hydroxyl groups is 4. The summed E-state index contributed by atoms with van der Waals surface area (Å²) in [5.41, 5.74) is 6.06. The first kappa shape index (κ1) is 45.7. The minimum absolute atomic E-state index is 0.00322. The van der Waals surface area contributed by atoms with E-state index in [0.29, 0.717) is 47.9 Å². The van der Waals surface area contributed by atoms with Gasteiger partial charge in [0.2, 0.25) is 6.29 Å². The van der Waals surface area contributed by atoms with E-state index >= 15 is 4.79 Å². The Kier molecular flexibility index (Phi) is 10.9. The Morgan fingerprint density at radius 3 is 2.72 bits per heavy atom. The normalized spacial score (nSPS) is 30.9. The van der Waals surface area contributed by atoms with Crippen LogP contribution in [0.25, 0.3) is 22.4 Å². The van der Waals surface area contributed by atoms with E-state index < -0.39 is 54.3 Å². The number of aromatic hydroxyl groups is 1. The van der Waals surface area contributed by atoms with Crippen molar-refractivity contribution in [3.8, 4) is 29.3 Å². The van der Waals surface area contributed by atoms with Crippen LogP contribution < -0.4 is 9.47 Å². The van der Waals surface area contributed by atoms with Crippen LogP contribution in [0.15, 0.2) is 69.9 Å². The fourth-order valence-electron chi connectivity index (χ4n) is 13.6. The Morgan fingerprint density at radius 2 is 1.89 bits per heavy atom. The first-order chi connectivity index (χ1) is 35.0. The maximum atomic E-state index is 15.4. The fourth-order valence-corrected chi connectivity index (χ4v) is 13.6. The Morgan fingerprint density at radius 1 is 1.03 bits per heavy atom. The quantitative estimate of drug-likeness (QED) is 0.131. The van der Waals surface area contributed by atoms with Crippen LogP contribution in [0, 0.1) is 24.4 Å². The minimum atomic E-state index is -2.47. The van der Waals surface area contributed by atoms with E-state index in [-0.39, 0.29) is 66.3 Å². The number of aliphatic imine (C=N–C) groups is 1. The maximum absolute atomic E-state index is 15.4. The molecular weight excluding hydrogens is 917 g/mol. The number of nitrogens with zero attached hydrogens (tertiary/aromatic N) is 2. The molecule has 0 spiro atoms. The van der Waals surface area contributed by atoms with Gasteiger partial charge in [-0.2, -0.15) is 4.99 Å². The topological polar surface area (TPSA) is 197 Å². The number of rotatable bonds is 6.